The van der Waals surface area contributed by atoms with Crippen LogP contribution in [0.3, 0.4) is 0 Å². The van der Waals surface area contributed by atoms with Crippen molar-refractivity contribution in [2.24, 2.45) is 0 Å². The lowest BCUT2D eigenvalue weighted by atomic mass is 9.97. The van der Waals surface area contributed by atoms with E-state index in [2.05, 4.69) is 21.2 Å². The number of carbonyl (C=O) groups is 2. The minimum atomic E-state index is -0.0846. The van der Waals surface area contributed by atoms with Gasteiger partial charge in [-0.25, -0.2) is 0 Å². The molecule has 2 heterocycles. The first-order valence-electron chi connectivity index (χ1n) is 6.35. The van der Waals surface area contributed by atoms with Gasteiger partial charge in [0.05, 0.1) is 3.79 Å². The molecule has 1 aliphatic heterocycles. The molecule has 2 aromatic rings. The number of aryl methyl sites for hydroxylation is 1. The highest BCUT2D eigenvalue weighted by Gasteiger charge is 2.18. The SMILES string of the molecule is O=C(c1csc(Br)c1)c1ccc2c(c1)C(=O)NCCC2. The number of amides is 1. The lowest BCUT2D eigenvalue weighted by Crippen LogP contribution is -2.22. The highest BCUT2D eigenvalue weighted by Crippen LogP contribution is 2.24. The second kappa shape index (κ2) is 5.50. The zero-order valence-electron chi connectivity index (χ0n) is 10.6. The Hall–Kier alpha value is -1.46. The lowest BCUT2D eigenvalue weighted by Gasteiger charge is -2.06. The van der Waals surface area contributed by atoms with Gasteiger partial charge in [-0.2, -0.15) is 0 Å². The van der Waals surface area contributed by atoms with Crippen molar-refractivity contribution < 1.29 is 9.59 Å². The molecule has 0 atom stereocenters. The molecule has 0 bridgehead atoms. The molecule has 0 aliphatic carbocycles. The molecule has 1 aliphatic rings. The van der Waals surface area contributed by atoms with E-state index in [-0.39, 0.29) is 11.7 Å². The molecule has 0 spiro atoms. The average molecular weight is 350 g/mol. The van der Waals surface area contributed by atoms with E-state index in [0.29, 0.717) is 23.2 Å². The van der Waals surface area contributed by atoms with E-state index in [9.17, 15) is 9.59 Å². The number of hydrogen-bond donors (Lipinski definition) is 1. The zero-order valence-corrected chi connectivity index (χ0v) is 13.0. The van der Waals surface area contributed by atoms with Crippen LogP contribution in [0, 0.1) is 0 Å². The Labute approximate surface area is 129 Å². The molecule has 1 aromatic heterocycles. The van der Waals surface area contributed by atoms with Gasteiger partial charge >= 0.3 is 0 Å². The first kappa shape index (κ1) is 13.5. The summed E-state index contributed by atoms with van der Waals surface area (Å²) in [7, 11) is 0. The summed E-state index contributed by atoms with van der Waals surface area (Å²) >= 11 is 4.83. The number of ketones is 1. The van der Waals surface area contributed by atoms with Crippen molar-refractivity contribution in [3.05, 3.63) is 55.7 Å². The van der Waals surface area contributed by atoms with E-state index in [4.69, 9.17) is 0 Å². The lowest BCUT2D eigenvalue weighted by molar-refractivity contribution is 0.0956. The standard InChI is InChI=1S/C15H12BrNO2S/c16-13-7-11(8-20-13)14(18)10-4-3-9-2-1-5-17-15(19)12(9)6-10/h3-4,6-8H,1-2,5H2,(H,17,19). The quantitative estimate of drug-likeness (QED) is 0.844. The minimum absolute atomic E-state index is 0.0493. The summed E-state index contributed by atoms with van der Waals surface area (Å²) in [5, 5.41) is 4.67. The van der Waals surface area contributed by atoms with Gasteiger partial charge in [0.1, 0.15) is 0 Å². The molecule has 0 radical (unpaired) electrons. The summed E-state index contributed by atoms with van der Waals surface area (Å²) in [6.45, 7) is 0.689. The molecule has 0 saturated carbocycles. The summed E-state index contributed by atoms with van der Waals surface area (Å²) in [6, 6.07) is 7.23. The Kier molecular flexibility index (Phi) is 3.72. The van der Waals surface area contributed by atoms with Crippen LogP contribution in [0.4, 0.5) is 0 Å². The highest BCUT2D eigenvalue weighted by atomic mass is 79.9. The number of benzene rings is 1. The molecule has 0 saturated heterocycles. The summed E-state index contributed by atoms with van der Waals surface area (Å²) in [6.07, 6.45) is 1.80. The van der Waals surface area contributed by atoms with Gasteiger partial charge in [0.25, 0.3) is 5.91 Å². The van der Waals surface area contributed by atoms with Gasteiger partial charge < -0.3 is 5.32 Å². The maximum atomic E-state index is 12.4. The molecule has 20 heavy (non-hydrogen) atoms. The fraction of sp³-hybridized carbons (Fsp3) is 0.200. The Morgan fingerprint density at radius 2 is 2.10 bits per heavy atom. The molecule has 3 rings (SSSR count). The summed E-state index contributed by atoms with van der Waals surface area (Å²) < 4.78 is 0.924. The van der Waals surface area contributed by atoms with Gasteiger partial charge in [-0.05, 0) is 46.5 Å². The third-order valence-corrected chi connectivity index (χ3v) is 4.86. The van der Waals surface area contributed by atoms with Crippen LogP contribution in [-0.2, 0) is 6.42 Å². The number of rotatable bonds is 2. The second-order valence-electron chi connectivity index (χ2n) is 4.70. The Morgan fingerprint density at radius 3 is 2.85 bits per heavy atom. The first-order valence-corrected chi connectivity index (χ1v) is 8.02. The Balaban J connectivity index is 1.99. The number of nitrogens with one attached hydrogen (secondary N) is 1. The maximum Gasteiger partial charge on any atom is 0.251 e. The van der Waals surface area contributed by atoms with Crippen molar-refractivity contribution in [1.82, 2.24) is 5.32 Å². The van der Waals surface area contributed by atoms with Crippen LogP contribution in [0.5, 0.6) is 0 Å². The molecule has 0 unspecified atom stereocenters. The summed E-state index contributed by atoms with van der Waals surface area (Å²) in [5.74, 6) is -0.134. The third kappa shape index (κ3) is 2.55. The molecular formula is C15H12BrNO2S. The van der Waals surface area contributed by atoms with Crippen LogP contribution >= 0.6 is 27.3 Å². The Bertz CT molecular complexity index is 693. The van der Waals surface area contributed by atoms with E-state index >= 15 is 0 Å². The third-order valence-electron chi connectivity index (χ3n) is 3.35. The van der Waals surface area contributed by atoms with E-state index in [0.717, 1.165) is 22.2 Å². The van der Waals surface area contributed by atoms with Crippen molar-refractivity contribution >= 4 is 39.0 Å². The number of carbonyl (C=O) groups excluding carboxylic acids is 2. The number of fused-ring (bicyclic) bond motifs is 1. The smallest absolute Gasteiger partial charge is 0.251 e. The Morgan fingerprint density at radius 1 is 1.25 bits per heavy atom. The van der Waals surface area contributed by atoms with Crippen LogP contribution in [-0.4, -0.2) is 18.2 Å². The van der Waals surface area contributed by atoms with E-state index < -0.39 is 0 Å². The van der Waals surface area contributed by atoms with Gasteiger partial charge in [0, 0.05) is 28.6 Å². The molecule has 5 heteroatoms. The number of halogens is 1. The van der Waals surface area contributed by atoms with Gasteiger partial charge in [-0.15, -0.1) is 11.3 Å². The van der Waals surface area contributed by atoms with Crippen molar-refractivity contribution in [3.63, 3.8) is 0 Å². The first-order chi connectivity index (χ1) is 9.65. The van der Waals surface area contributed by atoms with Crippen molar-refractivity contribution in [3.8, 4) is 0 Å². The van der Waals surface area contributed by atoms with Crippen LogP contribution in [0.15, 0.2) is 33.4 Å². The molecular weight excluding hydrogens is 338 g/mol. The predicted octanol–water partition coefficient (Wildman–Crippen LogP) is 3.42. The van der Waals surface area contributed by atoms with Crippen LogP contribution in [0.2, 0.25) is 0 Å². The normalized spacial score (nSPS) is 14.3. The fourth-order valence-electron chi connectivity index (χ4n) is 2.32. The van der Waals surface area contributed by atoms with E-state index in [1.54, 1.807) is 12.1 Å². The largest absolute Gasteiger partial charge is 0.352 e. The molecule has 3 nitrogen and oxygen atoms in total. The van der Waals surface area contributed by atoms with Crippen molar-refractivity contribution in [2.75, 3.05) is 6.54 Å². The second-order valence-corrected chi connectivity index (χ2v) is 6.99. The molecule has 1 aromatic carbocycles. The minimum Gasteiger partial charge on any atom is -0.352 e. The predicted molar refractivity (Wildman–Crippen MR) is 82.5 cm³/mol. The van der Waals surface area contributed by atoms with Crippen molar-refractivity contribution in [2.45, 2.75) is 12.8 Å². The maximum absolute atomic E-state index is 12.4. The molecule has 1 amide bonds. The number of thiophene rings is 1. The van der Waals surface area contributed by atoms with Crippen LogP contribution in [0.25, 0.3) is 0 Å². The molecule has 102 valence electrons. The van der Waals surface area contributed by atoms with Crippen molar-refractivity contribution in [1.29, 1.82) is 0 Å². The average Bonchev–Trinajstić information content (AvgIpc) is 2.80. The topological polar surface area (TPSA) is 46.2 Å². The van der Waals surface area contributed by atoms with Gasteiger partial charge in [0.15, 0.2) is 5.78 Å². The summed E-state index contributed by atoms with van der Waals surface area (Å²) in [4.78, 5) is 24.4. The van der Waals surface area contributed by atoms with Gasteiger partial charge in [-0.1, -0.05) is 12.1 Å². The van der Waals surface area contributed by atoms with E-state index in [1.807, 2.05) is 17.5 Å². The van der Waals surface area contributed by atoms with E-state index in [1.165, 1.54) is 11.3 Å². The van der Waals surface area contributed by atoms with Crippen LogP contribution in [0.1, 0.15) is 38.3 Å². The zero-order chi connectivity index (χ0) is 14.1. The van der Waals surface area contributed by atoms with Gasteiger partial charge in [-0.3, -0.25) is 9.59 Å². The molecule has 0 fully saturated rings. The van der Waals surface area contributed by atoms with Gasteiger partial charge in [0.2, 0.25) is 0 Å². The number of hydrogen-bond acceptors (Lipinski definition) is 3. The highest BCUT2D eigenvalue weighted by molar-refractivity contribution is 9.11. The summed E-state index contributed by atoms with van der Waals surface area (Å²) in [5.41, 5.74) is 2.85. The fourth-order valence-corrected chi connectivity index (χ4v) is 3.46. The molecule has 1 N–H and O–H groups in total. The monoisotopic (exact) mass is 349 g/mol. The van der Waals surface area contributed by atoms with Crippen LogP contribution < -0.4 is 5.32 Å².